The summed E-state index contributed by atoms with van der Waals surface area (Å²) in [5.41, 5.74) is 4.93. The molecule has 0 unspecified atom stereocenters. The van der Waals surface area contributed by atoms with Gasteiger partial charge in [-0.05, 0) is 55.9 Å². The van der Waals surface area contributed by atoms with E-state index in [0.29, 0.717) is 11.5 Å². The number of hydrogen-bond donors (Lipinski definition) is 0. The van der Waals surface area contributed by atoms with E-state index in [1.807, 2.05) is 85.3 Å². The van der Waals surface area contributed by atoms with Gasteiger partial charge >= 0.3 is 0 Å². The molecular weight excluding hydrogens is 480 g/mol. The van der Waals surface area contributed by atoms with Gasteiger partial charge in [-0.15, -0.1) is 10.5 Å². The van der Waals surface area contributed by atoms with E-state index < -0.39 is 5.41 Å². The summed E-state index contributed by atoms with van der Waals surface area (Å²) < 4.78 is 11.5. The fourth-order valence-electron chi connectivity index (χ4n) is 6.44. The Labute approximate surface area is 225 Å². The Balaban J connectivity index is 1.81. The van der Waals surface area contributed by atoms with Crippen LogP contribution in [0.5, 0.6) is 11.5 Å². The standard InChI is InChI=1S/C35H20N2O2/c36-21-38-31-19-17-23-9-1-3-11-25(23)33(31)35(29-15-7-5-13-27(29)28-14-6-8-16-30(28)35)34-26-12-4-2-10-24(26)18-20-32(34)39-22-37/h1-20H. The van der Waals surface area contributed by atoms with Crippen molar-refractivity contribution in [2.45, 2.75) is 5.41 Å². The van der Waals surface area contributed by atoms with Crippen LogP contribution in [0.15, 0.2) is 121 Å². The van der Waals surface area contributed by atoms with Gasteiger partial charge < -0.3 is 9.47 Å². The molecule has 0 fully saturated rings. The third kappa shape index (κ3) is 3.10. The summed E-state index contributed by atoms with van der Waals surface area (Å²) in [6.07, 6.45) is 3.85. The first-order chi connectivity index (χ1) is 19.3. The molecule has 1 aliphatic rings. The van der Waals surface area contributed by atoms with E-state index in [9.17, 15) is 10.5 Å². The third-order valence-electron chi connectivity index (χ3n) is 7.80. The lowest BCUT2D eigenvalue weighted by Gasteiger charge is -2.37. The number of hydrogen-bond acceptors (Lipinski definition) is 4. The lowest BCUT2D eigenvalue weighted by Crippen LogP contribution is -2.30. The normalized spacial score (nSPS) is 12.8. The van der Waals surface area contributed by atoms with Crippen molar-refractivity contribution in [3.8, 4) is 35.1 Å². The van der Waals surface area contributed by atoms with Gasteiger partial charge in [0.2, 0.25) is 0 Å². The minimum Gasteiger partial charge on any atom is -0.388 e. The molecule has 182 valence electrons. The van der Waals surface area contributed by atoms with Crippen LogP contribution in [0, 0.1) is 23.0 Å². The number of benzene rings is 6. The second-order valence-electron chi connectivity index (χ2n) is 9.55. The van der Waals surface area contributed by atoms with Crippen LogP contribution in [-0.4, -0.2) is 0 Å². The molecule has 0 saturated heterocycles. The first kappa shape index (κ1) is 22.6. The largest absolute Gasteiger partial charge is 0.388 e. The Morgan fingerprint density at radius 1 is 0.462 bits per heavy atom. The van der Waals surface area contributed by atoms with Crippen molar-refractivity contribution in [1.82, 2.24) is 0 Å². The maximum absolute atomic E-state index is 9.77. The second kappa shape index (κ2) is 8.77. The Hall–Kier alpha value is -5.58. The molecule has 0 radical (unpaired) electrons. The molecule has 7 rings (SSSR count). The Bertz CT molecular complexity index is 1870. The third-order valence-corrected chi connectivity index (χ3v) is 7.80. The highest BCUT2D eigenvalue weighted by atomic mass is 16.5. The summed E-state index contributed by atoms with van der Waals surface area (Å²) in [5.74, 6) is 0.914. The zero-order valence-electron chi connectivity index (χ0n) is 20.8. The topological polar surface area (TPSA) is 66.0 Å². The van der Waals surface area contributed by atoms with Crippen molar-refractivity contribution in [1.29, 1.82) is 10.5 Å². The van der Waals surface area contributed by atoms with Gasteiger partial charge in [-0.2, -0.15) is 0 Å². The first-order valence-electron chi connectivity index (χ1n) is 12.6. The average Bonchev–Trinajstić information content (AvgIpc) is 3.28. The van der Waals surface area contributed by atoms with Crippen molar-refractivity contribution < 1.29 is 9.47 Å². The van der Waals surface area contributed by atoms with Gasteiger partial charge in [0.05, 0.1) is 5.41 Å². The number of nitrogens with zero attached hydrogens (tertiary/aromatic N) is 2. The highest BCUT2D eigenvalue weighted by Crippen LogP contribution is 2.61. The van der Waals surface area contributed by atoms with E-state index in [-0.39, 0.29) is 0 Å². The van der Waals surface area contributed by atoms with Crippen LogP contribution < -0.4 is 9.47 Å². The molecule has 4 nitrogen and oxygen atoms in total. The van der Waals surface area contributed by atoms with Crippen molar-refractivity contribution in [3.05, 3.63) is 144 Å². The minimum absolute atomic E-state index is 0.457. The van der Waals surface area contributed by atoms with Crippen molar-refractivity contribution in [3.63, 3.8) is 0 Å². The Morgan fingerprint density at radius 3 is 1.33 bits per heavy atom. The van der Waals surface area contributed by atoms with Crippen molar-refractivity contribution in [2.24, 2.45) is 0 Å². The Kier molecular flexibility index (Phi) is 5.08. The van der Waals surface area contributed by atoms with E-state index in [1.54, 1.807) is 0 Å². The minimum atomic E-state index is -0.965. The highest BCUT2D eigenvalue weighted by Gasteiger charge is 2.51. The van der Waals surface area contributed by atoms with Crippen LogP contribution >= 0.6 is 0 Å². The molecule has 0 aromatic heterocycles. The van der Waals surface area contributed by atoms with Gasteiger partial charge in [0, 0.05) is 11.1 Å². The van der Waals surface area contributed by atoms with Crippen LogP contribution in [0.4, 0.5) is 0 Å². The zero-order chi connectivity index (χ0) is 26.4. The quantitative estimate of drug-likeness (QED) is 0.229. The molecule has 0 heterocycles. The predicted molar refractivity (Wildman–Crippen MR) is 151 cm³/mol. The van der Waals surface area contributed by atoms with Gasteiger partial charge in [0.25, 0.3) is 12.5 Å². The molecule has 6 aromatic carbocycles. The fraction of sp³-hybridized carbons (Fsp3) is 0.0286. The summed E-state index contributed by atoms with van der Waals surface area (Å²) in [7, 11) is 0. The number of fused-ring (bicyclic) bond motifs is 5. The maximum atomic E-state index is 9.77. The molecule has 0 spiro atoms. The molecule has 0 amide bonds. The summed E-state index contributed by atoms with van der Waals surface area (Å²) in [6.45, 7) is 0. The summed E-state index contributed by atoms with van der Waals surface area (Å²) in [5, 5.41) is 23.5. The highest BCUT2D eigenvalue weighted by molar-refractivity contribution is 6.00. The second-order valence-corrected chi connectivity index (χ2v) is 9.55. The van der Waals surface area contributed by atoms with Gasteiger partial charge in [-0.1, -0.05) is 109 Å². The lowest BCUT2D eigenvalue weighted by molar-refractivity contribution is 0.482. The molecular formula is C35H20N2O2. The van der Waals surface area contributed by atoms with Crippen LogP contribution in [0.3, 0.4) is 0 Å². The number of ether oxygens (including phenoxy) is 2. The van der Waals surface area contributed by atoms with Crippen LogP contribution in [0.2, 0.25) is 0 Å². The van der Waals surface area contributed by atoms with E-state index >= 15 is 0 Å². The van der Waals surface area contributed by atoms with Gasteiger partial charge in [-0.3, -0.25) is 0 Å². The molecule has 0 atom stereocenters. The summed E-state index contributed by atoms with van der Waals surface area (Å²) in [4.78, 5) is 0. The number of rotatable bonds is 4. The maximum Gasteiger partial charge on any atom is 0.292 e. The average molecular weight is 501 g/mol. The summed E-state index contributed by atoms with van der Waals surface area (Å²) in [6, 6.07) is 40.6. The molecule has 0 aliphatic heterocycles. The van der Waals surface area contributed by atoms with E-state index in [1.165, 1.54) is 0 Å². The smallest absolute Gasteiger partial charge is 0.292 e. The van der Waals surface area contributed by atoms with E-state index in [4.69, 9.17) is 9.47 Å². The summed E-state index contributed by atoms with van der Waals surface area (Å²) >= 11 is 0. The van der Waals surface area contributed by atoms with Gasteiger partial charge in [-0.25, -0.2) is 0 Å². The fourth-order valence-corrected chi connectivity index (χ4v) is 6.44. The predicted octanol–water partition coefficient (Wildman–Crippen LogP) is 8.08. The molecule has 0 N–H and O–H groups in total. The van der Waals surface area contributed by atoms with Crippen LogP contribution in [0.1, 0.15) is 22.3 Å². The molecule has 4 heteroatoms. The van der Waals surface area contributed by atoms with Gasteiger partial charge in [0.1, 0.15) is 11.5 Å². The molecule has 6 aromatic rings. The molecule has 0 saturated carbocycles. The van der Waals surface area contributed by atoms with Gasteiger partial charge in [0.15, 0.2) is 0 Å². The lowest BCUT2D eigenvalue weighted by atomic mass is 9.64. The monoisotopic (exact) mass is 500 g/mol. The van der Waals surface area contributed by atoms with E-state index in [2.05, 4.69) is 48.5 Å². The molecule has 0 bridgehead atoms. The molecule has 1 aliphatic carbocycles. The SMILES string of the molecule is N#COc1ccc2ccccc2c1C1(c2c(OC#N)ccc3ccccc23)c2ccccc2-c2ccccc21. The van der Waals surface area contributed by atoms with E-state index in [0.717, 1.165) is 54.9 Å². The number of nitriles is 2. The van der Waals surface area contributed by atoms with Crippen molar-refractivity contribution >= 4 is 21.5 Å². The zero-order valence-corrected chi connectivity index (χ0v) is 20.8. The molecule has 39 heavy (non-hydrogen) atoms. The first-order valence-corrected chi connectivity index (χ1v) is 12.6. The van der Waals surface area contributed by atoms with Crippen LogP contribution in [0.25, 0.3) is 32.7 Å². The Morgan fingerprint density at radius 2 is 0.872 bits per heavy atom. The van der Waals surface area contributed by atoms with Crippen molar-refractivity contribution in [2.75, 3.05) is 0 Å². The van der Waals surface area contributed by atoms with Crippen LogP contribution in [-0.2, 0) is 5.41 Å².